The highest BCUT2D eigenvalue weighted by Crippen LogP contribution is 2.36. The van der Waals surface area contributed by atoms with Gasteiger partial charge < -0.3 is 14.8 Å². The van der Waals surface area contributed by atoms with Gasteiger partial charge in [0.05, 0.1) is 35.4 Å². The molecule has 0 saturated carbocycles. The van der Waals surface area contributed by atoms with Crippen LogP contribution in [-0.2, 0) is 9.47 Å². The maximum atomic E-state index is 12.5. The monoisotopic (exact) mass is 433 g/mol. The minimum absolute atomic E-state index is 0.245. The number of hydrogen-bond acceptors (Lipinski definition) is 8. The Morgan fingerprint density at radius 3 is 2.69 bits per heavy atom. The summed E-state index contributed by atoms with van der Waals surface area (Å²) in [4.78, 5) is 34.0. The smallest absolute Gasteiger partial charge is 0.348 e. The molecule has 0 atom stereocenters. The summed E-state index contributed by atoms with van der Waals surface area (Å²) < 4.78 is 10.1. The topological polar surface area (TPSA) is 90.4 Å². The average Bonchev–Trinajstić information content (AvgIpc) is 3.04. The minimum Gasteiger partial charge on any atom is -0.465 e. The lowest BCUT2D eigenvalue weighted by Gasteiger charge is -2.10. The molecule has 0 fully saturated rings. The van der Waals surface area contributed by atoms with E-state index in [0.29, 0.717) is 43.8 Å². The highest BCUT2D eigenvalue weighted by Gasteiger charge is 2.21. The molecule has 0 radical (unpaired) electrons. The molecule has 7 nitrogen and oxygen atoms in total. The number of anilines is 2. The first-order valence-corrected chi connectivity index (χ1v) is 10.1. The van der Waals surface area contributed by atoms with E-state index in [9.17, 15) is 9.59 Å². The van der Waals surface area contributed by atoms with E-state index >= 15 is 0 Å². The van der Waals surface area contributed by atoms with Crippen LogP contribution in [0.15, 0.2) is 24.5 Å². The number of benzene rings is 1. The van der Waals surface area contributed by atoms with Crippen molar-refractivity contribution in [2.24, 2.45) is 5.92 Å². The highest BCUT2D eigenvalue weighted by molar-refractivity contribution is 7.20. The third-order valence-electron chi connectivity index (χ3n) is 4.10. The molecule has 0 aliphatic heterocycles. The Bertz CT molecular complexity index is 1080. The fraction of sp³-hybridized carbons (Fsp3) is 0.300. The number of ether oxygens (including phenoxy) is 2. The molecule has 3 rings (SSSR count). The largest absolute Gasteiger partial charge is 0.465 e. The van der Waals surface area contributed by atoms with Gasteiger partial charge in [-0.05, 0) is 36.6 Å². The van der Waals surface area contributed by atoms with Crippen molar-refractivity contribution in [2.45, 2.75) is 20.8 Å². The molecule has 0 aliphatic carbocycles. The maximum absolute atomic E-state index is 12.5. The average molecular weight is 434 g/mol. The molecule has 1 N–H and O–H groups in total. The second-order valence-electron chi connectivity index (χ2n) is 6.76. The van der Waals surface area contributed by atoms with Gasteiger partial charge in [0, 0.05) is 0 Å². The van der Waals surface area contributed by atoms with Crippen LogP contribution in [0, 0.1) is 12.8 Å². The van der Waals surface area contributed by atoms with Crippen LogP contribution in [0.25, 0.3) is 10.2 Å². The summed E-state index contributed by atoms with van der Waals surface area (Å²) in [5.41, 5.74) is 1.57. The van der Waals surface area contributed by atoms with Crippen molar-refractivity contribution in [3.05, 3.63) is 45.6 Å². The Labute approximate surface area is 177 Å². The Morgan fingerprint density at radius 2 is 2.00 bits per heavy atom. The van der Waals surface area contributed by atoms with Crippen molar-refractivity contribution in [1.29, 1.82) is 0 Å². The summed E-state index contributed by atoms with van der Waals surface area (Å²) in [7, 11) is 1.31. The van der Waals surface area contributed by atoms with Gasteiger partial charge in [0.1, 0.15) is 21.9 Å². The highest BCUT2D eigenvalue weighted by atomic mass is 35.5. The summed E-state index contributed by atoms with van der Waals surface area (Å²) in [6.45, 7) is 6.13. The van der Waals surface area contributed by atoms with Gasteiger partial charge in [0.25, 0.3) is 0 Å². The Kier molecular flexibility index (Phi) is 6.34. The van der Waals surface area contributed by atoms with Crippen molar-refractivity contribution in [3.8, 4) is 0 Å². The van der Waals surface area contributed by atoms with Crippen molar-refractivity contribution < 1.29 is 19.1 Å². The van der Waals surface area contributed by atoms with Crippen molar-refractivity contribution >= 4 is 56.6 Å². The molecule has 0 spiro atoms. The number of esters is 2. The van der Waals surface area contributed by atoms with Crippen LogP contribution in [-0.4, -0.2) is 35.6 Å². The van der Waals surface area contributed by atoms with Crippen LogP contribution in [0.2, 0.25) is 5.02 Å². The van der Waals surface area contributed by atoms with Gasteiger partial charge in [-0.2, -0.15) is 0 Å². The molecule has 0 amide bonds. The molecular formula is C20H20ClN3O4S. The van der Waals surface area contributed by atoms with E-state index in [1.165, 1.54) is 24.8 Å². The molecule has 0 aliphatic rings. The molecule has 2 aromatic heterocycles. The van der Waals surface area contributed by atoms with Crippen LogP contribution < -0.4 is 5.32 Å². The standard InChI is InChI=1S/C20H20ClN3O4S/c1-10(2)8-28-20(26)16-11(3)15-17(22-9-23-18(15)29-16)24-14-7-12(19(25)27-4)5-6-13(14)21/h5-7,9-10H,8H2,1-4H3,(H,22,23,24). The Hall–Kier alpha value is -2.71. The first-order chi connectivity index (χ1) is 13.8. The molecular weight excluding hydrogens is 414 g/mol. The molecule has 3 aromatic rings. The number of carbonyl (C=O) groups excluding carboxylic acids is 2. The first-order valence-electron chi connectivity index (χ1n) is 8.88. The van der Waals surface area contributed by atoms with Gasteiger partial charge in [-0.15, -0.1) is 11.3 Å². The molecule has 9 heteroatoms. The number of aromatic nitrogens is 2. The predicted octanol–water partition coefficient (Wildman–Crippen LogP) is 5.00. The fourth-order valence-corrected chi connectivity index (χ4v) is 3.87. The van der Waals surface area contributed by atoms with E-state index < -0.39 is 5.97 Å². The number of rotatable bonds is 6. The number of thiophene rings is 1. The van der Waals surface area contributed by atoms with Crippen LogP contribution >= 0.6 is 22.9 Å². The van der Waals surface area contributed by atoms with Gasteiger partial charge >= 0.3 is 11.9 Å². The molecule has 152 valence electrons. The van der Waals surface area contributed by atoms with Gasteiger partial charge in [0.2, 0.25) is 0 Å². The molecule has 0 bridgehead atoms. The van der Waals surface area contributed by atoms with Crippen LogP contribution in [0.3, 0.4) is 0 Å². The Morgan fingerprint density at radius 1 is 1.24 bits per heavy atom. The summed E-state index contributed by atoms with van der Waals surface area (Å²) in [6, 6.07) is 4.76. The Balaban J connectivity index is 1.99. The number of methoxy groups -OCH3 is 1. The number of aryl methyl sites for hydroxylation is 1. The van der Waals surface area contributed by atoms with Crippen molar-refractivity contribution in [2.75, 3.05) is 19.0 Å². The van der Waals surface area contributed by atoms with E-state index in [0.717, 1.165) is 5.56 Å². The van der Waals surface area contributed by atoms with Crippen molar-refractivity contribution in [3.63, 3.8) is 0 Å². The third-order valence-corrected chi connectivity index (χ3v) is 5.61. The maximum Gasteiger partial charge on any atom is 0.348 e. The normalized spacial score (nSPS) is 11.0. The summed E-state index contributed by atoms with van der Waals surface area (Å²) >= 11 is 7.53. The summed E-state index contributed by atoms with van der Waals surface area (Å²) in [5, 5.41) is 4.25. The number of fused-ring (bicyclic) bond motifs is 1. The summed E-state index contributed by atoms with van der Waals surface area (Å²) in [5.74, 6) is -0.124. The zero-order valence-corrected chi connectivity index (χ0v) is 18.0. The number of carbonyl (C=O) groups is 2. The van der Waals surface area contributed by atoms with E-state index in [4.69, 9.17) is 21.1 Å². The van der Waals surface area contributed by atoms with Gasteiger partial charge in [0.15, 0.2) is 0 Å². The molecule has 29 heavy (non-hydrogen) atoms. The number of nitrogens with zero attached hydrogens (tertiary/aromatic N) is 2. The second-order valence-corrected chi connectivity index (χ2v) is 8.17. The lowest BCUT2D eigenvalue weighted by Crippen LogP contribution is -2.09. The molecule has 0 unspecified atom stereocenters. The van der Waals surface area contributed by atoms with E-state index in [1.54, 1.807) is 18.2 Å². The first kappa shape index (κ1) is 21.0. The van der Waals surface area contributed by atoms with E-state index in [-0.39, 0.29) is 11.9 Å². The molecule has 2 heterocycles. The second kappa shape index (κ2) is 8.75. The predicted molar refractivity (Wildman–Crippen MR) is 113 cm³/mol. The quantitative estimate of drug-likeness (QED) is 0.547. The van der Waals surface area contributed by atoms with Crippen molar-refractivity contribution in [1.82, 2.24) is 9.97 Å². The molecule has 0 saturated heterocycles. The number of hydrogen-bond donors (Lipinski definition) is 1. The van der Waals surface area contributed by atoms with E-state index in [2.05, 4.69) is 15.3 Å². The summed E-state index contributed by atoms with van der Waals surface area (Å²) in [6.07, 6.45) is 1.40. The van der Waals surface area contributed by atoms with Crippen LogP contribution in [0.1, 0.15) is 39.4 Å². The molecule has 1 aromatic carbocycles. The number of nitrogens with one attached hydrogen (secondary N) is 1. The van der Waals surface area contributed by atoms with Gasteiger partial charge in [-0.3, -0.25) is 0 Å². The fourth-order valence-electron chi connectivity index (χ4n) is 2.66. The SMILES string of the molecule is COC(=O)c1ccc(Cl)c(Nc2ncnc3sc(C(=O)OCC(C)C)c(C)c23)c1. The van der Waals surface area contributed by atoms with Gasteiger partial charge in [-0.1, -0.05) is 25.4 Å². The lowest BCUT2D eigenvalue weighted by atomic mass is 10.1. The minimum atomic E-state index is -0.473. The zero-order chi connectivity index (χ0) is 21.1. The van der Waals surface area contributed by atoms with Crippen LogP contribution in [0.4, 0.5) is 11.5 Å². The van der Waals surface area contributed by atoms with E-state index in [1.807, 2.05) is 20.8 Å². The lowest BCUT2D eigenvalue weighted by molar-refractivity contribution is 0.0463. The van der Waals surface area contributed by atoms with Crippen LogP contribution in [0.5, 0.6) is 0 Å². The zero-order valence-electron chi connectivity index (χ0n) is 16.4. The third kappa shape index (κ3) is 4.49. The van der Waals surface area contributed by atoms with Gasteiger partial charge in [-0.25, -0.2) is 19.6 Å². The number of halogens is 1.